The van der Waals surface area contributed by atoms with Crippen LogP contribution < -0.4 is 5.32 Å². The van der Waals surface area contributed by atoms with Gasteiger partial charge in [0.05, 0.1) is 16.1 Å². The summed E-state index contributed by atoms with van der Waals surface area (Å²) >= 11 is 6.15. The molecule has 4 aromatic rings. The highest BCUT2D eigenvalue weighted by Gasteiger charge is 2.18. The second-order valence-electron chi connectivity index (χ2n) is 6.05. The SMILES string of the molecule is Cc1c(C)n(-c2ccccc2)c2ncnc(Nc3ccc(F)cc3Cl)c12. The van der Waals surface area contributed by atoms with Crippen molar-refractivity contribution in [2.24, 2.45) is 0 Å². The van der Waals surface area contributed by atoms with Crippen LogP contribution in [0.4, 0.5) is 15.9 Å². The van der Waals surface area contributed by atoms with Gasteiger partial charge < -0.3 is 5.32 Å². The molecule has 0 spiro atoms. The predicted molar refractivity (Wildman–Crippen MR) is 103 cm³/mol. The van der Waals surface area contributed by atoms with Crippen molar-refractivity contribution >= 4 is 34.1 Å². The molecule has 0 fully saturated rings. The fourth-order valence-corrected chi connectivity index (χ4v) is 3.32. The topological polar surface area (TPSA) is 42.7 Å². The van der Waals surface area contributed by atoms with Crippen LogP contribution in [0, 0.1) is 19.7 Å². The first-order chi connectivity index (χ1) is 12.6. The number of halogens is 2. The van der Waals surface area contributed by atoms with Crippen LogP contribution in [0.3, 0.4) is 0 Å². The van der Waals surface area contributed by atoms with Gasteiger partial charge in [0.1, 0.15) is 18.0 Å². The first-order valence-corrected chi connectivity index (χ1v) is 8.54. The zero-order valence-electron chi connectivity index (χ0n) is 14.3. The molecule has 2 aromatic carbocycles. The van der Waals surface area contributed by atoms with Gasteiger partial charge in [-0.3, -0.25) is 4.57 Å². The maximum atomic E-state index is 13.3. The summed E-state index contributed by atoms with van der Waals surface area (Å²) in [5, 5.41) is 4.42. The number of hydrogen-bond donors (Lipinski definition) is 1. The van der Waals surface area contributed by atoms with Gasteiger partial charge in [-0.15, -0.1) is 0 Å². The molecule has 1 N–H and O–H groups in total. The Morgan fingerprint density at radius 2 is 1.81 bits per heavy atom. The molecule has 0 unspecified atom stereocenters. The second kappa shape index (κ2) is 6.42. The molecule has 2 heterocycles. The summed E-state index contributed by atoms with van der Waals surface area (Å²) in [6.07, 6.45) is 1.51. The number of para-hydroxylation sites is 1. The van der Waals surface area contributed by atoms with Crippen LogP contribution in [-0.4, -0.2) is 14.5 Å². The van der Waals surface area contributed by atoms with Crippen molar-refractivity contribution < 1.29 is 4.39 Å². The molecule has 26 heavy (non-hydrogen) atoms. The average Bonchev–Trinajstić information content (AvgIpc) is 2.90. The Morgan fingerprint density at radius 1 is 1.04 bits per heavy atom. The normalized spacial score (nSPS) is 11.1. The fraction of sp³-hybridized carbons (Fsp3) is 0.100. The van der Waals surface area contributed by atoms with Crippen LogP contribution in [0.1, 0.15) is 11.3 Å². The van der Waals surface area contributed by atoms with Gasteiger partial charge in [-0.2, -0.15) is 0 Å². The van der Waals surface area contributed by atoms with E-state index in [0.29, 0.717) is 16.5 Å². The summed E-state index contributed by atoms with van der Waals surface area (Å²) in [7, 11) is 0. The Balaban J connectivity index is 1.90. The summed E-state index contributed by atoms with van der Waals surface area (Å²) in [5.74, 6) is 0.259. The van der Waals surface area contributed by atoms with Gasteiger partial charge in [-0.05, 0) is 49.7 Å². The molecule has 0 aliphatic rings. The average molecular weight is 367 g/mol. The number of hydrogen-bond acceptors (Lipinski definition) is 3. The first-order valence-electron chi connectivity index (χ1n) is 8.16. The van der Waals surface area contributed by atoms with E-state index in [4.69, 9.17) is 11.6 Å². The Hall–Kier alpha value is -2.92. The number of nitrogens with zero attached hydrogens (tertiary/aromatic N) is 3. The van der Waals surface area contributed by atoms with E-state index in [9.17, 15) is 4.39 Å². The van der Waals surface area contributed by atoms with Gasteiger partial charge in [0.25, 0.3) is 0 Å². The number of aryl methyl sites for hydroxylation is 1. The quantitative estimate of drug-likeness (QED) is 0.515. The summed E-state index contributed by atoms with van der Waals surface area (Å²) < 4.78 is 15.4. The lowest BCUT2D eigenvalue weighted by atomic mass is 10.2. The summed E-state index contributed by atoms with van der Waals surface area (Å²) in [5.41, 5.74) is 4.59. The highest BCUT2D eigenvalue weighted by Crippen LogP contribution is 2.34. The van der Waals surface area contributed by atoms with Crippen molar-refractivity contribution in [3.63, 3.8) is 0 Å². The van der Waals surface area contributed by atoms with E-state index in [1.807, 2.05) is 37.3 Å². The number of benzene rings is 2. The molecule has 0 amide bonds. The lowest BCUT2D eigenvalue weighted by Crippen LogP contribution is -1.99. The minimum absolute atomic E-state index is 0.300. The van der Waals surface area contributed by atoms with Gasteiger partial charge in [0, 0.05) is 11.4 Å². The van der Waals surface area contributed by atoms with Crippen LogP contribution in [0.2, 0.25) is 5.02 Å². The third kappa shape index (κ3) is 2.70. The third-order valence-corrected chi connectivity index (χ3v) is 4.80. The Labute approximate surface area is 155 Å². The lowest BCUT2D eigenvalue weighted by Gasteiger charge is -2.10. The van der Waals surface area contributed by atoms with Crippen LogP contribution >= 0.6 is 11.6 Å². The van der Waals surface area contributed by atoms with E-state index in [1.165, 1.54) is 18.5 Å². The van der Waals surface area contributed by atoms with Crippen molar-refractivity contribution in [3.05, 3.63) is 77.0 Å². The molecule has 0 aliphatic heterocycles. The van der Waals surface area contributed by atoms with Crippen LogP contribution in [0.5, 0.6) is 0 Å². The second-order valence-corrected chi connectivity index (χ2v) is 6.46. The number of rotatable bonds is 3. The molecule has 0 aliphatic carbocycles. The van der Waals surface area contributed by atoms with Crippen molar-refractivity contribution in [1.29, 1.82) is 0 Å². The number of fused-ring (bicyclic) bond motifs is 1. The van der Waals surface area contributed by atoms with E-state index in [1.54, 1.807) is 6.07 Å². The van der Waals surface area contributed by atoms with E-state index < -0.39 is 0 Å². The van der Waals surface area contributed by atoms with E-state index in [-0.39, 0.29) is 5.82 Å². The minimum Gasteiger partial charge on any atom is -0.338 e. The highest BCUT2D eigenvalue weighted by molar-refractivity contribution is 6.33. The van der Waals surface area contributed by atoms with E-state index in [0.717, 1.165) is 28.0 Å². The molecule has 0 saturated heterocycles. The Bertz CT molecular complexity index is 1110. The first kappa shape index (κ1) is 16.5. The molecule has 0 bridgehead atoms. The van der Waals surface area contributed by atoms with Crippen LogP contribution in [0.25, 0.3) is 16.7 Å². The number of anilines is 2. The number of nitrogens with one attached hydrogen (secondary N) is 1. The molecular weight excluding hydrogens is 351 g/mol. The van der Waals surface area contributed by atoms with Crippen molar-refractivity contribution in [1.82, 2.24) is 14.5 Å². The van der Waals surface area contributed by atoms with Crippen LogP contribution in [-0.2, 0) is 0 Å². The van der Waals surface area contributed by atoms with E-state index >= 15 is 0 Å². The smallest absolute Gasteiger partial charge is 0.150 e. The predicted octanol–water partition coefficient (Wildman–Crippen LogP) is 5.57. The Morgan fingerprint density at radius 3 is 2.54 bits per heavy atom. The molecule has 6 heteroatoms. The monoisotopic (exact) mass is 366 g/mol. The van der Waals surface area contributed by atoms with Gasteiger partial charge in [0.15, 0.2) is 5.65 Å². The summed E-state index contributed by atoms with van der Waals surface area (Å²) in [6.45, 7) is 4.09. The highest BCUT2D eigenvalue weighted by atomic mass is 35.5. The van der Waals surface area contributed by atoms with Crippen LogP contribution in [0.15, 0.2) is 54.9 Å². The molecule has 0 saturated carbocycles. The summed E-state index contributed by atoms with van der Waals surface area (Å²) in [6, 6.07) is 14.3. The fourth-order valence-electron chi connectivity index (χ4n) is 3.10. The largest absolute Gasteiger partial charge is 0.338 e. The van der Waals surface area contributed by atoms with Crippen molar-refractivity contribution in [2.45, 2.75) is 13.8 Å². The van der Waals surface area contributed by atoms with Gasteiger partial charge >= 0.3 is 0 Å². The zero-order chi connectivity index (χ0) is 18.3. The Kier molecular flexibility index (Phi) is 4.09. The molecular formula is C20H16ClFN4. The molecule has 0 radical (unpaired) electrons. The molecule has 2 aromatic heterocycles. The maximum Gasteiger partial charge on any atom is 0.150 e. The summed E-state index contributed by atoms with van der Waals surface area (Å²) in [4.78, 5) is 8.88. The maximum absolute atomic E-state index is 13.3. The molecule has 0 atom stereocenters. The third-order valence-electron chi connectivity index (χ3n) is 4.49. The molecule has 4 rings (SSSR count). The van der Waals surface area contributed by atoms with Gasteiger partial charge in [-0.1, -0.05) is 29.8 Å². The van der Waals surface area contributed by atoms with Gasteiger partial charge in [-0.25, -0.2) is 14.4 Å². The van der Waals surface area contributed by atoms with E-state index in [2.05, 4.69) is 26.8 Å². The lowest BCUT2D eigenvalue weighted by molar-refractivity contribution is 0.628. The van der Waals surface area contributed by atoms with Gasteiger partial charge in [0.2, 0.25) is 0 Å². The van der Waals surface area contributed by atoms with Crippen molar-refractivity contribution in [2.75, 3.05) is 5.32 Å². The zero-order valence-corrected chi connectivity index (χ0v) is 15.0. The van der Waals surface area contributed by atoms with Crippen molar-refractivity contribution in [3.8, 4) is 5.69 Å². The molecule has 4 nitrogen and oxygen atoms in total. The minimum atomic E-state index is -0.379. The number of aromatic nitrogens is 3. The standard InChI is InChI=1S/C20H16ClFN4/c1-12-13(2)26(15-6-4-3-5-7-15)20-18(12)19(23-11-24-20)25-17-9-8-14(22)10-16(17)21/h3-11H,1-2H3,(H,23,24,25). The molecule has 130 valence electrons.